The van der Waals surface area contributed by atoms with Crippen molar-refractivity contribution in [3.8, 4) is 6.07 Å². The molecule has 6 aromatic carbocycles. The molecule has 0 aliphatic heterocycles. The highest BCUT2D eigenvalue weighted by Crippen LogP contribution is 2.55. The Labute approximate surface area is 908 Å². The van der Waals surface area contributed by atoms with Crippen LogP contribution in [-0.4, -0.2) is 92.5 Å². The molecule has 0 N–H and O–H groups in total. The SMILES string of the molecule is CC(C)(C)c1c(Br)c(C(C)(C)C)c(S(=O)(=O)[O-])c(C(C)(C)C)c1Br.CC(C)(C)c1c(F)c(C(C)(C)C)c(S(=O)(=O)[O-])c(C(C)(C)C)c1F.CC(C)(C)c1cc(C(C)(C)C)c(S(=O)(=O)[O-])c(C(C)(C)C)c1C#N.CC(C)(C)c1cc(C(C)(C)C)c(S(=O)(=O)[O-])c(C(C)(C)C)c1C(F)(F)F.CC(C)(C)c1cc(C(C)(C)C)c(S(=O)(=O)[O-])c(C(C)(C)C)c1C=O.Cc1c(C(C)(C)C)cc(C(C)(C)C)c(S(=O)(=O)[O-])c1C(C)(C)C.O=S=O. The van der Waals surface area contributed by atoms with Gasteiger partial charge in [-0.05, 0) is 193 Å². The van der Waals surface area contributed by atoms with Crippen LogP contribution >= 0.6 is 31.9 Å². The van der Waals surface area contributed by atoms with Gasteiger partial charge in [-0.15, -0.1) is 0 Å². The van der Waals surface area contributed by atoms with E-state index in [1.165, 1.54) is 26.8 Å². The van der Waals surface area contributed by atoms with E-state index in [1.807, 2.05) is 221 Å². The fourth-order valence-corrected chi connectivity index (χ4v) is 29.6. The Kier molecular flexibility index (Phi) is 43.8. The lowest BCUT2D eigenvalue weighted by Crippen LogP contribution is -2.32. The first kappa shape index (κ1) is 142. The summed E-state index contributed by atoms with van der Waals surface area (Å²) in [4.78, 5) is 9.79. The second-order valence-electron chi connectivity index (χ2n) is 56.7. The van der Waals surface area contributed by atoms with Crippen LogP contribution in [0, 0.1) is 29.9 Å². The lowest BCUT2D eigenvalue weighted by molar-refractivity contribution is -0.140. The lowest BCUT2D eigenvalue weighted by Gasteiger charge is -2.37. The predicted molar refractivity (Wildman–Crippen MR) is 587 cm³/mol. The third-order valence-corrected chi connectivity index (χ3v) is 31.2. The van der Waals surface area contributed by atoms with Gasteiger partial charge in [0.05, 0.1) is 46.6 Å². The number of nitrogens with zero attached hydrogens (tertiary/aromatic N) is 1. The number of alkyl halides is 3. The predicted octanol–water partition coefficient (Wildman–Crippen LogP) is 29.0. The van der Waals surface area contributed by atoms with Crippen molar-refractivity contribution in [3.63, 3.8) is 0 Å². The molecule has 36 heteroatoms. The van der Waals surface area contributed by atoms with Gasteiger partial charge in [0.25, 0.3) is 0 Å². The quantitative estimate of drug-likeness (QED) is 0.0813. The van der Waals surface area contributed by atoms with Crippen molar-refractivity contribution >= 4 is 110 Å². The summed E-state index contributed by atoms with van der Waals surface area (Å²) in [6, 6.07) is 8.80. The Hall–Kier alpha value is -5.63. The number of aldehydes is 1. The average Bonchev–Trinajstić information content (AvgIpc) is 0.720. The van der Waals surface area contributed by atoms with Gasteiger partial charge in [-0.3, -0.25) is 4.79 Å². The summed E-state index contributed by atoms with van der Waals surface area (Å²) in [6.07, 6.45) is -4.11. The molecule has 0 amide bonds. The van der Waals surface area contributed by atoms with Crippen molar-refractivity contribution in [1.82, 2.24) is 0 Å². The van der Waals surface area contributed by atoms with Crippen molar-refractivity contribution in [1.29, 1.82) is 5.26 Å². The molecular formula is C112H170Br2F5NO21S7-6. The minimum atomic E-state index is -5.13. The van der Waals surface area contributed by atoms with E-state index in [0.29, 0.717) is 70.9 Å². The molecule has 0 spiro atoms. The summed E-state index contributed by atoms with van der Waals surface area (Å²) in [5.41, 5.74) is -4.02. The van der Waals surface area contributed by atoms with Gasteiger partial charge < -0.3 is 27.3 Å². The zero-order chi connectivity index (χ0) is 120. The Morgan fingerprint density at radius 1 is 0.257 bits per heavy atom. The topological polar surface area (TPSA) is 418 Å². The van der Waals surface area contributed by atoms with E-state index >= 15 is 8.78 Å². The van der Waals surface area contributed by atoms with Crippen LogP contribution in [0.5, 0.6) is 0 Å². The highest BCUT2D eigenvalue weighted by molar-refractivity contribution is 9.11. The van der Waals surface area contributed by atoms with Gasteiger partial charge in [-0.1, -0.05) is 430 Å². The van der Waals surface area contributed by atoms with Gasteiger partial charge in [0, 0.05) is 31.2 Å². The fraction of sp³-hybridized carbons (Fsp3) is 0.661. The monoisotopic (exact) mass is 2340 g/mol. The summed E-state index contributed by atoms with van der Waals surface area (Å²) < 4.78 is 309. The van der Waals surface area contributed by atoms with Crippen LogP contribution in [0.3, 0.4) is 0 Å². The minimum Gasteiger partial charge on any atom is -0.744 e. The molecule has 6 rings (SSSR count). The van der Waals surface area contributed by atoms with Crippen molar-refractivity contribution in [2.75, 3.05) is 0 Å². The fourth-order valence-electron chi connectivity index (χ4n) is 18.1. The Balaban J connectivity index is 0.00000174. The molecule has 148 heavy (non-hydrogen) atoms. The number of nitriles is 1. The second-order valence-corrected chi connectivity index (χ2v) is 66.3. The van der Waals surface area contributed by atoms with Crippen molar-refractivity contribution < 1.29 is 113 Å². The molecule has 0 saturated carbocycles. The van der Waals surface area contributed by atoms with Gasteiger partial charge in [-0.2, -0.15) is 26.9 Å². The van der Waals surface area contributed by atoms with Crippen molar-refractivity contribution in [2.45, 2.75) is 514 Å². The number of carbonyl (C=O) groups excluding carboxylic acids is 1. The first-order chi connectivity index (χ1) is 63.8. The van der Waals surface area contributed by atoms with E-state index in [1.54, 1.807) is 116 Å². The number of hydrogen-bond acceptors (Lipinski definition) is 22. The van der Waals surface area contributed by atoms with E-state index < -0.39 is 187 Å². The van der Waals surface area contributed by atoms with Gasteiger partial charge in [0.15, 0.2) is 6.29 Å². The van der Waals surface area contributed by atoms with Gasteiger partial charge in [-0.25, -0.2) is 59.3 Å². The highest BCUT2D eigenvalue weighted by Gasteiger charge is 2.49. The average molecular weight is 2350 g/mol. The molecule has 0 heterocycles. The largest absolute Gasteiger partial charge is 0.744 e. The van der Waals surface area contributed by atoms with Crippen molar-refractivity contribution in [2.24, 2.45) is 0 Å². The van der Waals surface area contributed by atoms with E-state index in [0.717, 1.165) is 27.8 Å². The Morgan fingerprint density at radius 2 is 0.446 bits per heavy atom. The van der Waals surface area contributed by atoms with E-state index in [4.69, 9.17) is 8.42 Å². The molecule has 22 nitrogen and oxygen atoms in total. The van der Waals surface area contributed by atoms with E-state index in [9.17, 15) is 101 Å². The maximum atomic E-state index is 15.2. The van der Waals surface area contributed by atoms with Crippen LogP contribution in [0.2, 0.25) is 0 Å². The minimum absolute atomic E-state index is 0.00718. The van der Waals surface area contributed by atoms with E-state index in [-0.39, 0.29) is 69.1 Å². The molecule has 0 aliphatic carbocycles. The van der Waals surface area contributed by atoms with E-state index in [2.05, 4.69) is 79.5 Å². The van der Waals surface area contributed by atoms with Crippen LogP contribution in [0.15, 0.2) is 62.6 Å². The van der Waals surface area contributed by atoms with Gasteiger partial charge >= 0.3 is 17.7 Å². The molecule has 0 aliphatic rings. The molecule has 0 saturated heterocycles. The number of benzene rings is 6. The van der Waals surface area contributed by atoms with Gasteiger partial charge in [0.1, 0.15) is 72.3 Å². The summed E-state index contributed by atoms with van der Waals surface area (Å²) >= 11 is 6.48. The molecule has 0 unspecified atom stereocenters. The highest BCUT2D eigenvalue weighted by atomic mass is 79.9. The first-order valence-electron chi connectivity index (χ1n) is 48.4. The molecule has 0 bridgehead atoms. The molecule has 0 aromatic heterocycles. The van der Waals surface area contributed by atoms with Crippen LogP contribution in [0.1, 0.15) is 501 Å². The summed E-state index contributed by atoms with van der Waals surface area (Å²) in [5.74, 6) is -1.90. The summed E-state index contributed by atoms with van der Waals surface area (Å²) in [5, 5.41) is 9.76. The summed E-state index contributed by atoms with van der Waals surface area (Å²) in [7, 11) is -28.9. The zero-order valence-corrected chi connectivity index (χ0v) is 107. The number of halogens is 7. The standard InChI is InChI=1S/C19H29F3O3S.C19H29NO3S.C19H30O4S.C19H32O3S.C18H28Br2O3S.C18H28F2O3S.O2S/c1-16(2,3)11-10-12(17(4,5)6)15(26(23,24)25)14(18(7,8)9)13(11)19(20,21)22;2*1-17(2,3)13-10-14(18(4,5)6)16(24(21,22)23)15(12(13)11-20)19(7,8)9;1-12-13(17(2,3)4)11-14(18(5,6)7)16(23(20,21)22)15(12)19(8,9)10;2*1-16(2,3)10-13(19)11(17(4,5)6)15(24(21,22)23)12(14(10)20)18(7,8)9;1-3-2/h10H,1-9H3,(H,23,24,25);10H,1-9H3,(H,21,22,23);10-11H,1-9H3,(H,21,22,23);11H,1-10H3,(H,20,21,22);2*1-9H3,(H,21,22,23);/p-6. The molecule has 846 valence electrons. The molecule has 0 radical (unpaired) electrons. The van der Waals surface area contributed by atoms with Crippen LogP contribution < -0.4 is 0 Å². The third kappa shape index (κ3) is 35.7. The smallest absolute Gasteiger partial charge is 0.417 e. The molecule has 0 fully saturated rings. The van der Waals surface area contributed by atoms with Crippen LogP contribution in [-0.2, 0) is 176 Å². The van der Waals surface area contributed by atoms with Crippen molar-refractivity contribution in [3.05, 3.63) is 167 Å². The zero-order valence-electron chi connectivity index (χ0n) is 98.4. The normalized spacial score (nSPS) is 13.9. The first-order valence-corrected chi connectivity index (χ1v) is 59.1. The Morgan fingerprint density at radius 3 is 0.642 bits per heavy atom. The lowest BCUT2D eigenvalue weighted by atomic mass is 9.72. The van der Waals surface area contributed by atoms with Gasteiger partial charge in [0.2, 0.25) is 0 Å². The molecule has 0 atom stereocenters. The maximum absolute atomic E-state index is 15.2. The number of hydrogen-bond donors (Lipinski definition) is 0. The number of carbonyl (C=O) groups is 1. The van der Waals surface area contributed by atoms with Crippen LogP contribution in [0.4, 0.5) is 22.0 Å². The summed E-state index contributed by atoms with van der Waals surface area (Å²) in [6.45, 7) is 101. The number of rotatable bonds is 7. The molecular weight excluding hydrogens is 2170 g/mol. The molecule has 6 aromatic rings. The van der Waals surface area contributed by atoms with Crippen LogP contribution in [0.25, 0.3) is 0 Å². The maximum Gasteiger partial charge on any atom is 0.417 e. The Bertz CT molecular complexity index is 6580. The third-order valence-electron chi connectivity index (χ3n) is 24.1. The second kappa shape index (κ2) is 45.5.